The van der Waals surface area contributed by atoms with Gasteiger partial charge in [0.1, 0.15) is 0 Å². The van der Waals surface area contributed by atoms with E-state index in [9.17, 15) is 4.79 Å². The predicted octanol–water partition coefficient (Wildman–Crippen LogP) is 1.90. The maximum Gasteiger partial charge on any atom is 0.253 e. The summed E-state index contributed by atoms with van der Waals surface area (Å²) in [4.78, 5) is 21.1. The topological polar surface area (TPSA) is 74.5 Å². The molecule has 0 saturated carbocycles. The monoisotopic (exact) mass is 377 g/mol. The predicted molar refractivity (Wildman–Crippen MR) is 107 cm³/mol. The van der Waals surface area contributed by atoms with E-state index in [1.807, 2.05) is 47.5 Å². The zero-order valence-electron chi connectivity index (χ0n) is 15.6. The lowest BCUT2D eigenvalue weighted by Crippen LogP contribution is -2.48. The first kappa shape index (κ1) is 18.2. The van der Waals surface area contributed by atoms with Gasteiger partial charge in [-0.15, -0.1) is 0 Å². The molecule has 0 aliphatic carbocycles. The van der Waals surface area contributed by atoms with Crippen molar-refractivity contribution in [2.24, 2.45) is 0 Å². The average molecular weight is 377 g/mol. The Morgan fingerprint density at radius 2 is 1.68 bits per heavy atom. The third kappa shape index (κ3) is 3.89. The number of benzene rings is 1. The molecular weight excluding hydrogens is 354 g/mol. The second kappa shape index (κ2) is 8.22. The molecule has 3 aromatic rings. The zero-order chi connectivity index (χ0) is 19.3. The number of rotatable bonds is 5. The molecule has 4 rings (SSSR count). The van der Waals surface area contributed by atoms with E-state index in [2.05, 4.69) is 15.0 Å². The lowest BCUT2D eigenvalue weighted by atomic mass is 10.1. The minimum absolute atomic E-state index is 0.0585. The van der Waals surface area contributed by atoms with E-state index in [0.29, 0.717) is 25.2 Å². The maximum atomic E-state index is 12.8. The van der Waals surface area contributed by atoms with Crippen LogP contribution in [0, 0.1) is 0 Å². The Bertz CT molecular complexity index is 915. The molecule has 0 unspecified atom stereocenters. The Hall–Kier alpha value is -3.19. The quantitative estimate of drug-likeness (QED) is 0.735. The van der Waals surface area contributed by atoms with E-state index in [1.165, 1.54) is 0 Å². The first-order valence-electron chi connectivity index (χ1n) is 9.42. The van der Waals surface area contributed by atoms with Crippen LogP contribution in [0.15, 0.2) is 61.2 Å². The number of nitrogens with zero attached hydrogens (tertiary/aromatic N) is 5. The average Bonchev–Trinajstić information content (AvgIpc) is 3.23. The van der Waals surface area contributed by atoms with Crippen LogP contribution in [-0.2, 0) is 6.54 Å². The molecule has 7 nitrogen and oxygen atoms in total. The molecule has 1 amide bonds. The summed E-state index contributed by atoms with van der Waals surface area (Å²) in [6, 6.07) is 11.6. The van der Waals surface area contributed by atoms with Crippen LogP contribution in [0.1, 0.15) is 10.4 Å². The molecule has 2 aromatic heterocycles. The molecule has 1 saturated heterocycles. The molecule has 144 valence electrons. The molecule has 0 atom stereocenters. The van der Waals surface area contributed by atoms with Crippen LogP contribution >= 0.6 is 0 Å². The summed E-state index contributed by atoms with van der Waals surface area (Å²) in [5, 5.41) is 13.2. The minimum Gasteiger partial charge on any atom is -0.394 e. The Labute approximate surface area is 163 Å². The molecule has 1 fully saturated rings. The highest BCUT2D eigenvalue weighted by Gasteiger charge is 2.22. The van der Waals surface area contributed by atoms with E-state index in [0.717, 1.165) is 29.9 Å². The Balaban J connectivity index is 1.38. The van der Waals surface area contributed by atoms with Crippen LogP contribution < -0.4 is 4.90 Å². The highest BCUT2D eigenvalue weighted by atomic mass is 16.3. The van der Waals surface area contributed by atoms with E-state index >= 15 is 0 Å². The van der Waals surface area contributed by atoms with E-state index in [1.54, 1.807) is 23.3 Å². The number of carbonyl (C=O) groups is 1. The fourth-order valence-corrected chi connectivity index (χ4v) is 3.45. The Morgan fingerprint density at radius 3 is 2.36 bits per heavy atom. The van der Waals surface area contributed by atoms with Crippen molar-refractivity contribution >= 4 is 11.6 Å². The SMILES string of the molecule is O=C(c1ccc(-c2cnn(CCO)c2)cc1)N1CCN(c2ccncc2)CC1. The third-order valence-electron chi connectivity index (χ3n) is 5.02. The smallest absolute Gasteiger partial charge is 0.253 e. The fraction of sp³-hybridized carbons (Fsp3) is 0.286. The van der Waals surface area contributed by atoms with Crippen molar-refractivity contribution < 1.29 is 9.90 Å². The Kier molecular flexibility index (Phi) is 5.34. The van der Waals surface area contributed by atoms with Crippen molar-refractivity contribution in [3.8, 4) is 11.1 Å². The number of piperazine rings is 1. The molecule has 28 heavy (non-hydrogen) atoms. The van der Waals surface area contributed by atoms with Gasteiger partial charge >= 0.3 is 0 Å². The van der Waals surface area contributed by atoms with Crippen molar-refractivity contribution in [1.29, 1.82) is 0 Å². The van der Waals surface area contributed by atoms with Gasteiger partial charge in [0.2, 0.25) is 0 Å². The summed E-state index contributed by atoms with van der Waals surface area (Å²) in [5.41, 5.74) is 3.82. The summed E-state index contributed by atoms with van der Waals surface area (Å²) < 4.78 is 1.71. The number of pyridine rings is 1. The minimum atomic E-state index is 0.0585. The number of amides is 1. The number of aliphatic hydroxyl groups excluding tert-OH is 1. The molecular formula is C21H23N5O2. The van der Waals surface area contributed by atoms with Gasteiger partial charge in [0.15, 0.2) is 0 Å². The number of anilines is 1. The lowest BCUT2D eigenvalue weighted by molar-refractivity contribution is 0.0747. The standard InChI is InChI=1S/C21H23N5O2/c27-14-13-26-16-19(15-23-26)17-1-3-18(4-2-17)21(28)25-11-9-24(10-12-25)20-5-7-22-8-6-20/h1-8,15-16,27H,9-14H2. The van der Waals surface area contributed by atoms with E-state index in [4.69, 9.17) is 5.11 Å². The Morgan fingerprint density at radius 1 is 0.964 bits per heavy atom. The molecule has 0 bridgehead atoms. The van der Waals surface area contributed by atoms with Gasteiger partial charge in [-0.25, -0.2) is 0 Å². The maximum absolute atomic E-state index is 12.8. The summed E-state index contributed by atoms with van der Waals surface area (Å²) in [7, 11) is 0. The first-order chi connectivity index (χ1) is 13.7. The number of carbonyl (C=O) groups excluding carboxylic acids is 1. The summed E-state index contributed by atoms with van der Waals surface area (Å²) >= 11 is 0. The van der Waals surface area contributed by atoms with Gasteiger partial charge in [0.05, 0.1) is 19.3 Å². The first-order valence-corrected chi connectivity index (χ1v) is 9.42. The largest absolute Gasteiger partial charge is 0.394 e. The van der Waals surface area contributed by atoms with Gasteiger partial charge in [-0.2, -0.15) is 5.10 Å². The van der Waals surface area contributed by atoms with Gasteiger partial charge in [0.25, 0.3) is 5.91 Å². The van der Waals surface area contributed by atoms with Crippen LogP contribution in [0.3, 0.4) is 0 Å². The number of aromatic nitrogens is 3. The summed E-state index contributed by atoms with van der Waals surface area (Å²) in [6.07, 6.45) is 7.25. The van der Waals surface area contributed by atoms with Crippen LogP contribution in [0.5, 0.6) is 0 Å². The van der Waals surface area contributed by atoms with Crippen LogP contribution in [-0.4, -0.2) is 63.5 Å². The van der Waals surface area contributed by atoms with Gasteiger partial charge in [0, 0.05) is 61.6 Å². The van der Waals surface area contributed by atoms with Crippen LogP contribution in [0.25, 0.3) is 11.1 Å². The van der Waals surface area contributed by atoms with Gasteiger partial charge in [-0.3, -0.25) is 14.5 Å². The van der Waals surface area contributed by atoms with Crippen molar-refractivity contribution in [2.75, 3.05) is 37.7 Å². The molecule has 1 N–H and O–H groups in total. The highest BCUT2D eigenvalue weighted by molar-refractivity contribution is 5.94. The van der Waals surface area contributed by atoms with Gasteiger partial charge in [-0.05, 0) is 29.8 Å². The van der Waals surface area contributed by atoms with E-state index < -0.39 is 0 Å². The summed E-state index contributed by atoms with van der Waals surface area (Å²) in [5.74, 6) is 0.0666. The molecule has 1 aliphatic rings. The highest BCUT2D eigenvalue weighted by Crippen LogP contribution is 2.21. The van der Waals surface area contributed by atoms with Gasteiger partial charge < -0.3 is 14.9 Å². The number of hydrogen-bond donors (Lipinski definition) is 1. The molecule has 0 radical (unpaired) electrons. The molecule has 1 aliphatic heterocycles. The third-order valence-corrected chi connectivity index (χ3v) is 5.02. The van der Waals surface area contributed by atoms with Crippen LogP contribution in [0.4, 0.5) is 5.69 Å². The van der Waals surface area contributed by atoms with Crippen molar-refractivity contribution in [3.05, 3.63) is 66.7 Å². The van der Waals surface area contributed by atoms with E-state index in [-0.39, 0.29) is 12.5 Å². The fourth-order valence-electron chi connectivity index (χ4n) is 3.45. The normalized spacial score (nSPS) is 14.3. The lowest BCUT2D eigenvalue weighted by Gasteiger charge is -2.36. The van der Waals surface area contributed by atoms with Crippen molar-refractivity contribution in [1.82, 2.24) is 19.7 Å². The van der Waals surface area contributed by atoms with Crippen molar-refractivity contribution in [3.63, 3.8) is 0 Å². The second-order valence-electron chi connectivity index (χ2n) is 6.78. The molecule has 1 aromatic carbocycles. The molecule has 0 spiro atoms. The van der Waals surface area contributed by atoms with Gasteiger partial charge in [-0.1, -0.05) is 12.1 Å². The van der Waals surface area contributed by atoms with Crippen molar-refractivity contribution in [2.45, 2.75) is 6.54 Å². The number of aliphatic hydroxyl groups is 1. The number of hydrogen-bond acceptors (Lipinski definition) is 5. The second-order valence-corrected chi connectivity index (χ2v) is 6.78. The van der Waals surface area contributed by atoms with Crippen LogP contribution in [0.2, 0.25) is 0 Å². The summed E-state index contributed by atoms with van der Waals surface area (Å²) in [6.45, 7) is 3.58. The molecule has 3 heterocycles. The zero-order valence-corrected chi connectivity index (χ0v) is 15.6. The molecule has 7 heteroatoms.